The van der Waals surface area contributed by atoms with E-state index in [0.717, 1.165) is 35.1 Å². The molecule has 0 bridgehead atoms. The maximum atomic E-state index is 11.0. The van der Waals surface area contributed by atoms with Crippen LogP contribution in [0.25, 0.3) is 0 Å². The summed E-state index contributed by atoms with van der Waals surface area (Å²) < 4.78 is 0. The summed E-state index contributed by atoms with van der Waals surface area (Å²) in [6.07, 6.45) is 0.765. The number of aromatic carboxylic acids is 1. The van der Waals surface area contributed by atoms with Gasteiger partial charge in [-0.25, -0.2) is 14.8 Å². The van der Waals surface area contributed by atoms with E-state index in [1.54, 1.807) is 0 Å². The molecule has 108 valence electrons. The molecular weight excluding hydrogens is 286 g/mol. The standard InChI is InChI=1S/C15H15N3O2S/c1-10(16-11-5-3-2-4-6-11)18-8-7-12-13(9-18)21-14(17-12)15(19)20/h2-6H,7-9H2,1H3,(H,19,20)/b16-10+. The van der Waals surface area contributed by atoms with Gasteiger partial charge in [0.2, 0.25) is 5.01 Å². The van der Waals surface area contributed by atoms with Crippen molar-refractivity contribution in [2.45, 2.75) is 19.9 Å². The molecule has 1 aliphatic rings. The molecule has 5 nitrogen and oxygen atoms in total. The second kappa shape index (κ2) is 5.65. The summed E-state index contributed by atoms with van der Waals surface area (Å²) in [6, 6.07) is 9.82. The van der Waals surface area contributed by atoms with Gasteiger partial charge in [-0.1, -0.05) is 18.2 Å². The number of thiazole rings is 1. The normalized spacial score (nSPS) is 14.9. The van der Waals surface area contributed by atoms with Gasteiger partial charge in [0.05, 0.1) is 17.9 Å². The summed E-state index contributed by atoms with van der Waals surface area (Å²) in [5.41, 5.74) is 1.84. The second-order valence-electron chi connectivity index (χ2n) is 4.86. The Balaban J connectivity index is 1.79. The summed E-state index contributed by atoms with van der Waals surface area (Å²) in [4.78, 5) is 23.0. The topological polar surface area (TPSA) is 65.8 Å². The lowest BCUT2D eigenvalue weighted by molar-refractivity contribution is 0.0696. The zero-order valence-electron chi connectivity index (χ0n) is 11.6. The van der Waals surface area contributed by atoms with Crippen LogP contribution in [0.1, 0.15) is 27.3 Å². The van der Waals surface area contributed by atoms with Crippen molar-refractivity contribution in [3.63, 3.8) is 0 Å². The minimum atomic E-state index is -0.948. The smallest absolute Gasteiger partial charge is 0.365 e. The van der Waals surface area contributed by atoms with Crippen molar-refractivity contribution >= 4 is 28.8 Å². The predicted molar refractivity (Wildman–Crippen MR) is 82.4 cm³/mol. The maximum absolute atomic E-state index is 11.0. The molecule has 0 atom stereocenters. The van der Waals surface area contributed by atoms with Gasteiger partial charge in [-0.05, 0) is 19.1 Å². The maximum Gasteiger partial charge on any atom is 0.365 e. The third kappa shape index (κ3) is 2.95. The largest absolute Gasteiger partial charge is 0.476 e. The van der Waals surface area contributed by atoms with Gasteiger partial charge in [0.25, 0.3) is 0 Å². The Morgan fingerprint density at radius 3 is 2.86 bits per heavy atom. The van der Waals surface area contributed by atoms with E-state index < -0.39 is 5.97 Å². The third-order valence-corrected chi connectivity index (χ3v) is 4.49. The number of rotatable bonds is 2. The van der Waals surface area contributed by atoms with Gasteiger partial charge in [-0.3, -0.25) is 0 Å². The molecule has 1 aromatic heterocycles. The quantitative estimate of drug-likeness (QED) is 0.684. The Morgan fingerprint density at radius 2 is 2.14 bits per heavy atom. The van der Waals surface area contributed by atoms with Crippen LogP contribution in [0.5, 0.6) is 0 Å². The number of carboxylic acids is 1. The van der Waals surface area contributed by atoms with Crippen LogP contribution >= 0.6 is 11.3 Å². The Hall–Kier alpha value is -2.21. The monoisotopic (exact) mass is 301 g/mol. The minimum absolute atomic E-state index is 0.180. The van der Waals surface area contributed by atoms with Crippen molar-refractivity contribution in [3.05, 3.63) is 45.9 Å². The summed E-state index contributed by atoms with van der Waals surface area (Å²) in [5, 5.41) is 9.19. The van der Waals surface area contributed by atoms with Crippen molar-refractivity contribution in [2.24, 2.45) is 4.99 Å². The molecule has 2 aromatic rings. The number of carbonyl (C=O) groups is 1. The number of hydrogen-bond donors (Lipinski definition) is 1. The SMILES string of the molecule is C/C(=N\c1ccccc1)N1CCc2nc(C(=O)O)sc2C1. The molecule has 0 aliphatic carbocycles. The number of benzene rings is 1. The molecule has 3 rings (SSSR count). The lowest BCUT2D eigenvalue weighted by Crippen LogP contribution is -2.33. The Bertz CT molecular complexity index is 694. The van der Waals surface area contributed by atoms with E-state index in [2.05, 4.69) is 14.9 Å². The molecule has 0 amide bonds. The summed E-state index contributed by atoms with van der Waals surface area (Å²) in [6.45, 7) is 3.48. The lowest BCUT2D eigenvalue weighted by atomic mass is 10.2. The highest BCUT2D eigenvalue weighted by Crippen LogP contribution is 2.26. The van der Waals surface area contributed by atoms with Gasteiger partial charge in [0, 0.05) is 17.8 Å². The molecule has 0 fully saturated rings. The molecule has 2 heterocycles. The van der Waals surface area contributed by atoms with E-state index in [0.29, 0.717) is 6.54 Å². The summed E-state index contributed by atoms with van der Waals surface area (Å²) >= 11 is 1.26. The van der Waals surface area contributed by atoms with Gasteiger partial charge >= 0.3 is 5.97 Å². The van der Waals surface area contributed by atoms with Crippen LogP contribution < -0.4 is 0 Å². The first-order valence-corrected chi connectivity index (χ1v) is 7.52. The lowest BCUT2D eigenvalue weighted by Gasteiger charge is -2.27. The molecule has 0 radical (unpaired) electrons. The van der Waals surface area contributed by atoms with Crippen molar-refractivity contribution in [3.8, 4) is 0 Å². The van der Waals surface area contributed by atoms with Crippen molar-refractivity contribution in [2.75, 3.05) is 6.54 Å². The number of nitrogens with zero attached hydrogens (tertiary/aromatic N) is 3. The van der Waals surface area contributed by atoms with E-state index in [1.807, 2.05) is 37.3 Å². The number of aromatic nitrogens is 1. The Kier molecular flexibility index (Phi) is 3.70. The second-order valence-corrected chi connectivity index (χ2v) is 5.94. The van der Waals surface area contributed by atoms with Gasteiger partial charge in [-0.15, -0.1) is 11.3 Å². The number of carboxylic acid groups (broad SMARTS) is 1. The van der Waals surface area contributed by atoms with Gasteiger partial charge in [-0.2, -0.15) is 0 Å². The molecule has 6 heteroatoms. The van der Waals surface area contributed by atoms with Crippen LogP contribution in [0.15, 0.2) is 35.3 Å². The van der Waals surface area contributed by atoms with Gasteiger partial charge in [0.1, 0.15) is 5.84 Å². The number of fused-ring (bicyclic) bond motifs is 1. The number of para-hydroxylation sites is 1. The first-order valence-electron chi connectivity index (χ1n) is 6.70. The minimum Gasteiger partial charge on any atom is -0.476 e. The highest BCUT2D eigenvalue weighted by Gasteiger charge is 2.23. The zero-order valence-corrected chi connectivity index (χ0v) is 12.4. The highest BCUT2D eigenvalue weighted by atomic mass is 32.1. The van der Waals surface area contributed by atoms with Crippen LogP contribution in [-0.4, -0.2) is 33.3 Å². The highest BCUT2D eigenvalue weighted by molar-refractivity contribution is 7.13. The Labute approximate surface area is 126 Å². The summed E-state index contributed by atoms with van der Waals surface area (Å²) in [5.74, 6) is -0.00671. The first-order chi connectivity index (χ1) is 10.1. The number of aliphatic imine (C=N–C) groups is 1. The zero-order chi connectivity index (χ0) is 14.8. The molecular formula is C15H15N3O2S. The van der Waals surface area contributed by atoms with Gasteiger partial charge in [0.15, 0.2) is 0 Å². The van der Waals surface area contributed by atoms with Crippen molar-refractivity contribution < 1.29 is 9.90 Å². The average molecular weight is 301 g/mol. The molecule has 21 heavy (non-hydrogen) atoms. The van der Waals surface area contributed by atoms with Crippen LogP contribution in [0, 0.1) is 0 Å². The fraction of sp³-hybridized carbons (Fsp3) is 0.267. The predicted octanol–water partition coefficient (Wildman–Crippen LogP) is 2.95. The third-order valence-electron chi connectivity index (χ3n) is 3.42. The van der Waals surface area contributed by atoms with Gasteiger partial charge < -0.3 is 10.0 Å². The fourth-order valence-electron chi connectivity index (χ4n) is 2.32. The molecule has 0 saturated carbocycles. The van der Waals surface area contributed by atoms with Crippen LogP contribution in [-0.2, 0) is 13.0 Å². The molecule has 0 spiro atoms. The van der Waals surface area contributed by atoms with E-state index in [9.17, 15) is 4.79 Å². The van der Waals surface area contributed by atoms with Crippen LogP contribution in [0.4, 0.5) is 5.69 Å². The fourth-order valence-corrected chi connectivity index (χ4v) is 3.29. The van der Waals surface area contributed by atoms with E-state index in [4.69, 9.17) is 5.11 Å². The summed E-state index contributed by atoms with van der Waals surface area (Å²) in [7, 11) is 0. The molecule has 1 aliphatic heterocycles. The molecule has 0 unspecified atom stereocenters. The Morgan fingerprint density at radius 1 is 1.38 bits per heavy atom. The van der Waals surface area contributed by atoms with E-state index >= 15 is 0 Å². The van der Waals surface area contributed by atoms with E-state index in [1.165, 1.54) is 11.3 Å². The number of amidine groups is 1. The van der Waals surface area contributed by atoms with Crippen LogP contribution in [0.2, 0.25) is 0 Å². The van der Waals surface area contributed by atoms with E-state index in [-0.39, 0.29) is 5.01 Å². The first kappa shape index (κ1) is 13.8. The molecule has 1 aromatic carbocycles. The van der Waals surface area contributed by atoms with Crippen molar-refractivity contribution in [1.29, 1.82) is 0 Å². The molecule has 1 N–H and O–H groups in total. The molecule has 0 saturated heterocycles. The van der Waals surface area contributed by atoms with Crippen molar-refractivity contribution in [1.82, 2.24) is 9.88 Å². The van der Waals surface area contributed by atoms with Crippen LogP contribution in [0.3, 0.4) is 0 Å². The number of hydrogen-bond acceptors (Lipinski definition) is 4. The average Bonchev–Trinajstić information content (AvgIpc) is 2.91.